The number of aromatic nitrogens is 3. The zero-order valence-corrected chi connectivity index (χ0v) is 22.8. The van der Waals surface area contributed by atoms with Crippen LogP contribution >= 0.6 is 0 Å². The number of urea groups is 1. The van der Waals surface area contributed by atoms with Crippen molar-refractivity contribution in [2.24, 2.45) is 0 Å². The topological polar surface area (TPSA) is 110 Å². The standard InChI is InChI=1S/C28H34N6O5/c1-28(2,3)39-27(37)31-12-9-20(10-13-31)22-18-34-24(15-29-22)23(16-30-34)32-14-11-25(35)33(26(32)36)17-19-5-7-21(38-4)8-6-19/h5-8,15-16,18,20H,9-14,17H2,1-4H3. The molecule has 2 aliphatic rings. The molecule has 0 atom stereocenters. The molecule has 2 aliphatic heterocycles. The quantitative estimate of drug-likeness (QED) is 0.482. The van der Waals surface area contributed by atoms with Crippen LogP contribution in [0.4, 0.5) is 15.3 Å². The molecular weight excluding hydrogens is 500 g/mol. The Morgan fingerprint density at radius 3 is 2.44 bits per heavy atom. The lowest BCUT2D eigenvalue weighted by atomic mass is 9.94. The van der Waals surface area contributed by atoms with Gasteiger partial charge in [0.15, 0.2) is 0 Å². The number of hydrogen-bond donors (Lipinski definition) is 0. The molecule has 4 heterocycles. The molecule has 0 spiro atoms. The summed E-state index contributed by atoms with van der Waals surface area (Å²) in [7, 11) is 1.59. The molecule has 1 aromatic carbocycles. The molecule has 2 fully saturated rings. The van der Waals surface area contributed by atoms with Crippen molar-refractivity contribution in [2.75, 3.05) is 31.6 Å². The van der Waals surface area contributed by atoms with E-state index in [4.69, 9.17) is 14.5 Å². The van der Waals surface area contributed by atoms with Crippen LogP contribution in [-0.2, 0) is 16.1 Å². The monoisotopic (exact) mass is 534 g/mol. The number of likely N-dealkylation sites (tertiary alicyclic amines) is 1. The number of methoxy groups -OCH3 is 1. The van der Waals surface area contributed by atoms with E-state index in [0.717, 1.165) is 24.1 Å². The van der Waals surface area contributed by atoms with Crippen molar-refractivity contribution in [3.8, 4) is 5.75 Å². The Kier molecular flexibility index (Phi) is 7.16. The average molecular weight is 535 g/mol. The third kappa shape index (κ3) is 5.67. The van der Waals surface area contributed by atoms with Crippen molar-refractivity contribution in [1.29, 1.82) is 0 Å². The lowest BCUT2D eigenvalue weighted by Crippen LogP contribution is -2.52. The minimum Gasteiger partial charge on any atom is -0.497 e. The summed E-state index contributed by atoms with van der Waals surface area (Å²) in [5.74, 6) is 0.695. The highest BCUT2D eigenvalue weighted by molar-refractivity contribution is 6.07. The van der Waals surface area contributed by atoms with E-state index in [1.807, 2.05) is 51.2 Å². The maximum Gasteiger partial charge on any atom is 0.410 e. The number of rotatable bonds is 5. The van der Waals surface area contributed by atoms with E-state index in [9.17, 15) is 14.4 Å². The maximum absolute atomic E-state index is 13.4. The minimum absolute atomic E-state index is 0.182. The van der Waals surface area contributed by atoms with Crippen LogP contribution in [0.5, 0.6) is 5.75 Å². The molecule has 4 amide bonds. The molecule has 11 heteroatoms. The van der Waals surface area contributed by atoms with Crippen LogP contribution in [0.1, 0.15) is 57.2 Å². The van der Waals surface area contributed by atoms with Crippen molar-refractivity contribution in [1.82, 2.24) is 24.4 Å². The van der Waals surface area contributed by atoms with Crippen LogP contribution in [0.3, 0.4) is 0 Å². The highest BCUT2D eigenvalue weighted by Gasteiger charge is 2.34. The summed E-state index contributed by atoms with van der Waals surface area (Å²) in [5.41, 5.74) is 2.52. The smallest absolute Gasteiger partial charge is 0.410 e. The van der Waals surface area contributed by atoms with E-state index in [2.05, 4.69) is 5.10 Å². The molecule has 0 radical (unpaired) electrons. The van der Waals surface area contributed by atoms with Crippen LogP contribution in [-0.4, -0.2) is 74.8 Å². The Hall–Kier alpha value is -4.15. The predicted octanol–water partition coefficient (Wildman–Crippen LogP) is 4.21. The maximum atomic E-state index is 13.4. The molecule has 11 nitrogen and oxygen atoms in total. The number of imide groups is 1. The number of carbonyl (C=O) groups excluding carboxylic acids is 3. The van der Waals surface area contributed by atoms with Gasteiger partial charge in [0.05, 0.1) is 43.6 Å². The van der Waals surface area contributed by atoms with Gasteiger partial charge in [0.2, 0.25) is 5.91 Å². The molecular formula is C28H34N6O5. The molecule has 0 unspecified atom stereocenters. The lowest BCUT2D eigenvalue weighted by Gasteiger charge is -2.34. The second-order valence-electron chi connectivity index (χ2n) is 10.9. The summed E-state index contributed by atoms with van der Waals surface area (Å²) < 4.78 is 12.4. The summed E-state index contributed by atoms with van der Waals surface area (Å²) in [4.78, 5) is 47.8. The van der Waals surface area contributed by atoms with E-state index in [1.54, 1.807) is 33.8 Å². The first-order valence-electron chi connectivity index (χ1n) is 13.2. The van der Waals surface area contributed by atoms with E-state index < -0.39 is 5.60 Å². The number of benzene rings is 1. The van der Waals surface area contributed by atoms with Gasteiger partial charge in [-0.1, -0.05) is 12.1 Å². The number of fused-ring (bicyclic) bond motifs is 1. The fraction of sp³-hybridized carbons (Fsp3) is 0.464. The van der Waals surface area contributed by atoms with Gasteiger partial charge in [0, 0.05) is 32.0 Å². The van der Waals surface area contributed by atoms with Gasteiger partial charge in [-0.05, 0) is 51.3 Å². The third-order valence-corrected chi connectivity index (χ3v) is 7.07. The van der Waals surface area contributed by atoms with Gasteiger partial charge in [-0.2, -0.15) is 5.10 Å². The molecule has 2 aromatic heterocycles. The number of amides is 4. The van der Waals surface area contributed by atoms with Crippen LogP contribution in [0.25, 0.3) is 5.52 Å². The molecule has 39 heavy (non-hydrogen) atoms. The van der Waals surface area contributed by atoms with Crippen molar-refractivity contribution < 1.29 is 23.9 Å². The zero-order valence-electron chi connectivity index (χ0n) is 22.8. The van der Waals surface area contributed by atoms with Gasteiger partial charge in [0.1, 0.15) is 16.9 Å². The summed E-state index contributed by atoms with van der Waals surface area (Å²) in [6.07, 6.45) is 6.76. The first kappa shape index (κ1) is 26.5. The van der Waals surface area contributed by atoms with Crippen LogP contribution < -0.4 is 9.64 Å². The van der Waals surface area contributed by atoms with Crippen LogP contribution in [0.2, 0.25) is 0 Å². The predicted molar refractivity (Wildman–Crippen MR) is 144 cm³/mol. The molecule has 0 N–H and O–H groups in total. The second kappa shape index (κ2) is 10.5. The molecule has 0 aliphatic carbocycles. The Labute approximate surface area is 227 Å². The van der Waals surface area contributed by atoms with Crippen LogP contribution in [0, 0.1) is 0 Å². The molecule has 2 saturated heterocycles. The molecule has 206 valence electrons. The van der Waals surface area contributed by atoms with Gasteiger partial charge in [-0.15, -0.1) is 0 Å². The molecule has 3 aromatic rings. The normalized spacial score (nSPS) is 17.2. The first-order chi connectivity index (χ1) is 18.6. The molecule has 5 rings (SSSR count). The number of carbonyl (C=O) groups is 3. The van der Waals surface area contributed by atoms with Gasteiger partial charge in [0.25, 0.3) is 0 Å². The molecule has 0 bridgehead atoms. The highest BCUT2D eigenvalue weighted by Crippen LogP contribution is 2.30. The SMILES string of the molecule is COc1ccc(CN2C(=O)CCN(c3cnn4cc(C5CCN(C(=O)OC(C)(C)C)CC5)ncc34)C2=O)cc1. The number of ether oxygens (including phenoxy) is 2. The summed E-state index contributed by atoms with van der Waals surface area (Å²) >= 11 is 0. The Morgan fingerprint density at radius 2 is 1.77 bits per heavy atom. The number of nitrogens with zero attached hydrogens (tertiary/aromatic N) is 6. The highest BCUT2D eigenvalue weighted by atomic mass is 16.6. The minimum atomic E-state index is -0.520. The third-order valence-electron chi connectivity index (χ3n) is 7.07. The van der Waals surface area contributed by atoms with E-state index >= 15 is 0 Å². The Morgan fingerprint density at radius 1 is 1.05 bits per heavy atom. The number of hydrogen-bond acceptors (Lipinski definition) is 7. The largest absolute Gasteiger partial charge is 0.497 e. The van der Waals surface area contributed by atoms with Crippen molar-refractivity contribution in [3.63, 3.8) is 0 Å². The lowest BCUT2D eigenvalue weighted by molar-refractivity contribution is -0.129. The summed E-state index contributed by atoms with van der Waals surface area (Å²) in [6.45, 7) is 7.26. The van der Waals surface area contributed by atoms with Crippen molar-refractivity contribution >= 4 is 29.2 Å². The number of piperidine rings is 1. The number of anilines is 1. The Bertz CT molecular complexity index is 1370. The van der Waals surface area contributed by atoms with Crippen molar-refractivity contribution in [3.05, 3.63) is 54.1 Å². The average Bonchev–Trinajstić information content (AvgIpc) is 3.33. The first-order valence-corrected chi connectivity index (χ1v) is 13.2. The van der Waals surface area contributed by atoms with Gasteiger partial charge < -0.3 is 14.4 Å². The van der Waals surface area contributed by atoms with Gasteiger partial charge >= 0.3 is 12.1 Å². The Balaban J connectivity index is 1.28. The summed E-state index contributed by atoms with van der Waals surface area (Å²) in [5, 5.41) is 4.50. The zero-order chi connectivity index (χ0) is 27.7. The second-order valence-corrected chi connectivity index (χ2v) is 10.9. The van der Waals surface area contributed by atoms with Crippen molar-refractivity contribution in [2.45, 2.75) is 58.1 Å². The van der Waals surface area contributed by atoms with E-state index in [1.165, 1.54) is 4.90 Å². The van der Waals surface area contributed by atoms with E-state index in [-0.39, 0.29) is 43.5 Å². The van der Waals surface area contributed by atoms with E-state index in [0.29, 0.717) is 30.0 Å². The summed E-state index contributed by atoms with van der Waals surface area (Å²) in [6, 6.07) is 6.92. The fourth-order valence-electron chi connectivity index (χ4n) is 4.97. The fourth-order valence-corrected chi connectivity index (χ4v) is 4.97. The van der Waals surface area contributed by atoms with Gasteiger partial charge in [-0.3, -0.25) is 19.6 Å². The van der Waals surface area contributed by atoms with Gasteiger partial charge in [-0.25, -0.2) is 14.1 Å². The van der Waals surface area contributed by atoms with Crippen LogP contribution in [0.15, 0.2) is 42.9 Å². The molecule has 0 saturated carbocycles.